The summed E-state index contributed by atoms with van der Waals surface area (Å²) in [6, 6.07) is 32.1. The van der Waals surface area contributed by atoms with Gasteiger partial charge in [0.25, 0.3) is 0 Å². The standard InChI is InChI=1S/C30H26FNO4/c1-35-28(33)30(24-15-9-4-10-16-24,25-17-19-26(31)20-18-25)27(23-13-7-3-8-14-23)32-29(34)36-21-22-11-5-2-6-12-22/h2-20,27H,21H2,1H3,(H,32,34)/t27-,30+/m0/s1. The molecule has 2 atom stereocenters. The van der Waals surface area contributed by atoms with Gasteiger partial charge in [-0.3, -0.25) is 4.79 Å². The van der Waals surface area contributed by atoms with E-state index in [4.69, 9.17) is 9.47 Å². The Morgan fingerprint density at radius 2 is 1.31 bits per heavy atom. The molecule has 0 spiro atoms. The van der Waals surface area contributed by atoms with Crippen molar-refractivity contribution in [1.82, 2.24) is 5.32 Å². The number of methoxy groups -OCH3 is 1. The van der Waals surface area contributed by atoms with Gasteiger partial charge in [0, 0.05) is 0 Å². The van der Waals surface area contributed by atoms with Gasteiger partial charge in [-0.15, -0.1) is 0 Å². The van der Waals surface area contributed by atoms with Crippen LogP contribution in [0, 0.1) is 5.82 Å². The quantitative estimate of drug-likeness (QED) is 0.315. The lowest BCUT2D eigenvalue weighted by atomic mass is 9.67. The topological polar surface area (TPSA) is 64.6 Å². The predicted octanol–water partition coefficient (Wildman–Crippen LogP) is 5.95. The van der Waals surface area contributed by atoms with E-state index in [-0.39, 0.29) is 6.61 Å². The van der Waals surface area contributed by atoms with Crippen LogP contribution in [0.1, 0.15) is 28.3 Å². The van der Waals surface area contributed by atoms with Crippen molar-refractivity contribution in [3.05, 3.63) is 143 Å². The Morgan fingerprint density at radius 1 is 0.778 bits per heavy atom. The summed E-state index contributed by atoms with van der Waals surface area (Å²) in [5.41, 5.74) is 0.953. The zero-order chi connectivity index (χ0) is 25.4. The Bertz CT molecular complexity index is 1280. The first-order chi connectivity index (χ1) is 17.6. The van der Waals surface area contributed by atoms with E-state index in [1.807, 2.05) is 66.7 Å². The van der Waals surface area contributed by atoms with Crippen LogP contribution in [0.5, 0.6) is 0 Å². The van der Waals surface area contributed by atoms with Crippen LogP contribution in [0.2, 0.25) is 0 Å². The molecule has 0 radical (unpaired) electrons. The van der Waals surface area contributed by atoms with Crippen molar-refractivity contribution < 1.29 is 23.5 Å². The van der Waals surface area contributed by atoms with Gasteiger partial charge in [-0.05, 0) is 34.4 Å². The van der Waals surface area contributed by atoms with Gasteiger partial charge in [-0.1, -0.05) is 103 Å². The smallest absolute Gasteiger partial charge is 0.408 e. The Balaban J connectivity index is 1.85. The molecule has 0 heterocycles. The highest BCUT2D eigenvalue weighted by atomic mass is 19.1. The molecular formula is C30H26FNO4. The number of hydrogen-bond acceptors (Lipinski definition) is 4. The van der Waals surface area contributed by atoms with Crippen molar-refractivity contribution in [3.8, 4) is 0 Å². The maximum Gasteiger partial charge on any atom is 0.408 e. The average molecular weight is 484 g/mol. The molecule has 0 aromatic heterocycles. The Kier molecular flexibility index (Phi) is 7.75. The molecule has 0 saturated carbocycles. The highest BCUT2D eigenvalue weighted by molar-refractivity contribution is 5.90. The zero-order valence-corrected chi connectivity index (χ0v) is 19.8. The third kappa shape index (κ3) is 5.13. The van der Waals surface area contributed by atoms with Crippen molar-refractivity contribution in [2.24, 2.45) is 0 Å². The number of esters is 1. The second-order valence-corrected chi connectivity index (χ2v) is 8.22. The monoisotopic (exact) mass is 483 g/mol. The number of ether oxygens (including phenoxy) is 2. The molecule has 0 aliphatic heterocycles. The van der Waals surface area contributed by atoms with Crippen LogP contribution in [0.3, 0.4) is 0 Å². The van der Waals surface area contributed by atoms with Gasteiger partial charge < -0.3 is 14.8 Å². The van der Waals surface area contributed by atoms with Crippen molar-refractivity contribution >= 4 is 12.1 Å². The van der Waals surface area contributed by atoms with Crippen LogP contribution in [-0.2, 0) is 26.3 Å². The molecule has 182 valence electrons. The normalized spacial score (nSPS) is 13.2. The number of alkyl carbamates (subject to hydrolysis) is 1. The molecule has 36 heavy (non-hydrogen) atoms. The summed E-state index contributed by atoms with van der Waals surface area (Å²) < 4.78 is 24.8. The maximum absolute atomic E-state index is 14.0. The highest BCUT2D eigenvalue weighted by Crippen LogP contribution is 2.44. The summed E-state index contributed by atoms with van der Waals surface area (Å²) in [6.07, 6.45) is -0.709. The largest absolute Gasteiger partial charge is 0.468 e. The summed E-state index contributed by atoms with van der Waals surface area (Å²) in [6.45, 7) is 0.0568. The fraction of sp³-hybridized carbons (Fsp3) is 0.133. The van der Waals surface area contributed by atoms with E-state index in [1.165, 1.54) is 31.4 Å². The van der Waals surface area contributed by atoms with Gasteiger partial charge in [0.15, 0.2) is 0 Å². The van der Waals surface area contributed by atoms with E-state index >= 15 is 0 Å². The average Bonchev–Trinajstić information content (AvgIpc) is 2.94. The molecule has 4 aromatic rings. The Labute approximate surface area is 209 Å². The molecule has 4 aromatic carbocycles. The van der Waals surface area contributed by atoms with E-state index in [9.17, 15) is 14.0 Å². The van der Waals surface area contributed by atoms with Crippen molar-refractivity contribution in [2.75, 3.05) is 7.11 Å². The molecule has 0 unspecified atom stereocenters. The van der Waals surface area contributed by atoms with Gasteiger partial charge in [0.05, 0.1) is 13.2 Å². The number of carbonyl (C=O) groups is 2. The van der Waals surface area contributed by atoms with E-state index < -0.39 is 29.3 Å². The van der Waals surface area contributed by atoms with Gasteiger partial charge in [-0.2, -0.15) is 0 Å². The fourth-order valence-corrected chi connectivity index (χ4v) is 4.40. The van der Waals surface area contributed by atoms with Crippen molar-refractivity contribution in [3.63, 3.8) is 0 Å². The molecule has 0 aliphatic carbocycles. The first-order valence-corrected chi connectivity index (χ1v) is 11.5. The SMILES string of the molecule is COC(=O)[C@](c1ccccc1)(c1ccc(F)cc1)[C@@H](NC(=O)OCc1ccccc1)c1ccccc1. The molecular weight excluding hydrogens is 457 g/mol. The first-order valence-electron chi connectivity index (χ1n) is 11.5. The highest BCUT2D eigenvalue weighted by Gasteiger charge is 2.51. The van der Waals surface area contributed by atoms with E-state index in [0.717, 1.165) is 5.56 Å². The summed E-state index contributed by atoms with van der Waals surface area (Å²) >= 11 is 0. The van der Waals surface area contributed by atoms with Gasteiger partial charge >= 0.3 is 12.1 Å². The predicted molar refractivity (Wildman–Crippen MR) is 135 cm³/mol. The second-order valence-electron chi connectivity index (χ2n) is 8.22. The van der Waals surface area contributed by atoms with E-state index in [1.54, 1.807) is 24.3 Å². The van der Waals surface area contributed by atoms with Gasteiger partial charge in [0.1, 0.15) is 17.8 Å². The summed E-state index contributed by atoms with van der Waals surface area (Å²) in [7, 11) is 1.29. The number of rotatable bonds is 8. The lowest BCUT2D eigenvalue weighted by Gasteiger charge is -2.39. The molecule has 0 aliphatic rings. The lowest BCUT2D eigenvalue weighted by Crippen LogP contribution is -2.50. The van der Waals surface area contributed by atoms with E-state index in [2.05, 4.69) is 5.32 Å². The minimum absolute atomic E-state index is 0.0568. The van der Waals surface area contributed by atoms with Crippen LogP contribution < -0.4 is 5.32 Å². The number of hydrogen-bond donors (Lipinski definition) is 1. The zero-order valence-electron chi connectivity index (χ0n) is 19.8. The molecule has 6 heteroatoms. The van der Waals surface area contributed by atoms with Gasteiger partial charge in [0.2, 0.25) is 0 Å². The number of carbonyl (C=O) groups excluding carboxylic acids is 2. The Hall–Kier alpha value is -4.45. The molecule has 5 nitrogen and oxygen atoms in total. The van der Waals surface area contributed by atoms with Crippen molar-refractivity contribution in [1.29, 1.82) is 0 Å². The van der Waals surface area contributed by atoms with Crippen LogP contribution in [0.4, 0.5) is 9.18 Å². The fourth-order valence-electron chi connectivity index (χ4n) is 4.40. The molecule has 1 N–H and O–H groups in total. The number of benzene rings is 4. The van der Waals surface area contributed by atoms with E-state index in [0.29, 0.717) is 16.7 Å². The Morgan fingerprint density at radius 3 is 1.89 bits per heavy atom. The van der Waals surface area contributed by atoms with Gasteiger partial charge in [-0.25, -0.2) is 9.18 Å². The molecule has 1 amide bonds. The lowest BCUT2D eigenvalue weighted by molar-refractivity contribution is -0.147. The molecule has 0 saturated heterocycles. The van der Waals surface area contributed by atoms with Crippen LogP contribution in [-0.4, -0.2) is 19.2 Å². The maximum atomic E-state index is 14.0. The molecule has 0 fully saturated rings. The summed E-state index contributed by atoms with van der Waals surface area (Å²) in [4.78, 5) is 26.9. The third-order valence-corrected chi connectivity index (χ3v) is 6.08. The number of nitrogens with one attached hydrogen (secondary N) is 1. The van der Waals surface area contributed by atoms with Crippen LogP contribution >= 0.6 is 0 Å². The summed E-state index contributed by atoms with van der Waals surface area (Å²) in [5, 5.41) is 2.92. The second kappa shape index (κ2) is 11.3. The number of amides is 1. The van der Waals surface area contributed by atoms with Crippen LogP contribution in [0.25, 0.3) is 0 Å². The first kappa shape index (κ1) is 24.7. The van der Waals surface area contributed by atoms with Crippen molar-refractivity contribution in [2.45, 2.75) is 18.1 Å². The molecule has 4 rings (SSSR count). The molecule has 0 bridgehead atoms. The number of halogens is 1. The van der Waals surface area contributed by atoms with Crippen LogP contribution in [0.15, 0.2) is 115 Å². The minimum atomic E-state index is -1.54. The minimum Gasteiger partial charge on any atom is -0.468 e. The summed E-state index contributed by atoms with van der Waals surface area (Å²) in [5.74, 6) is -1.06. The third-order valence-electron chi connectivity index (χ3n) is 6.08.